The van der Waals surface area contributed by atoms with Gasteiger partial charge in [0.15, 0.2) is 4.77 Å². The van der Waals surface area contributed by atoms with E-state index >= 15 is 0 Å². The van der Waals surface area contributed by atoms with Crippen LogP contribution in [0.4, 0.5) is 0 Å². The maximum atomic E-state index is 5.33. The highest BCUT2D eigenvalue weighted by Gasteiger charge is 2.25. The fourth-order valence-corrected chi connectivity index (χ4v) is 3.56. The fourth-order valence-electron chi connectivity index (χ4n) is 2.44. The zero-order chi connectivity index (χ0) is 12.7. The summed E-state index contributed by atoms with van der Waals surface area (Å²) in [5, 5.41) is 6.52. The number of fused-ring (bicyclic) bond motifs is 1. The highest BCUT2D eigenvalue weighted by atomic mass is 32.1. The van der Waals surface area contributed by atoms with Crippen LogP contribution in [0.5, 0.6) is 0 Å². The van der Waals surface area contributed by atoms with Crippen molar-refractivity contribution in [1.29, 1.82) is 0 Å². The second kappa shape index (κ2) is 4.60. The van der Waals surface area contributed by atoms with Gasteiger partial charge < -0.3 is 4.57 Å². The third-order valence-electron chi connectivity index (χ3n) is 3.61. The first kappa shape index (κ1) is 12.1. The average molecular weight is 280 g/mol. The van der Waals surface area contributed by atoms with Crippen molar-refractivity contribution in [2.24, 2.45) is 7.05 Å². The van der Waals surface area contributed by atoms with Crippen LogP contribution < -0.4 is 0 Å². The van der Waals surface area contributed by atoms with Crippen molar-refractivity contribution >= 4 is 23.6 Å². The molecule has 0 spiro atoms. The summed E-state index contributed by atoms with van der Waals surface area (Å²) in [5.41, 5.74) is 1.47. The lowest BCUT2D eigenvalue weighted by Gasteiger charge is -2.33. The summed E-state index contributed by atoms with van der Waals surface area (Å²) in [6.45, 7) is 4.11. The summed E-state index contributed by atoms with van der Waals surface area (Å²) in [4.78, 5) is 3.96. The number of aryl methyl sites for hydroxylation is 1. The molecule has 0 aromatic carbocycles. The number of aromatic nitrogens is 3. The normalized spacial score (nSPS) is 20.0. The first-order valence-electron chi connectivity index (χ1n) is 6.05. The Labute approximate surface area is 115 Å². The third-order valence-corrected chi connectivity index (χ3v) is 5.10. The van der Waals surface area contributed by atoms with Crippen molar-refractivity contribution in [3.05, 3.63) is 33.0 Å². The summed E-state index contributed by atoms with van der Waals surface area (Å²) in [7, 11) is 1.93. The predicted octanol–water partition coefficient (Wildman–Crippen LogP) is 2.59. The summed E-state index contributed by atoms with van der Waals surface area (Å²) in [6.07, 6.45) is 2.91. The van der Waals surface area contributed by atoms with Gasteiger partial charge in [-0.2, -0.15) is 5.10 Å². The first-order chi connectivity index (χ1) is 8.66. The summed E-state index contributed by atoms with van der Waals surface area (Å²) in [6, 6.07) is 2.69. The highest BCUT2D eigenvalue weighted by Crippen LogP contribution is 2.32. The minimum Gasteiger partial charge on any atom is -0.310 e. The van der Waals surface area contributed by atoms with Crippen LogP contribution in [-0.2, 0) is 20.1 Å². The van der Waals surface area contributed by atoms with E-state index in [1.54, 1.807) is 6.33 Å². The lowest BCUT2D eigenvalue weighted by molar-refractivity contribution is 0.144. The topological polar surface area (TPSA) is 26.0 Å². The zero-order valence-corrected chi connectivity index (χ0v) is 12.2. The van der Waals surface area contributed by atoms with Gasteiger partial charge in [-0.25, -0.2) is 4.68 Å². The van der Waals surface area contributed by atoms with Gasteiger partial charge in [-0.1, -0.05) is 0 Å². The first-order valence-corrected chi connectivity index (χ1v) is 7.34. The Hall–Kier alpha value is -0.980. The molecule has 1 aliphatic heterocycles. The maximum Gasteiger partial charge on any atom is 0.198 e. The SMILES string of the molecule is C[C@@H]1c2ccsc2CCN1Cn1ncn(C)c1=S. The van der Waals surface area contributed by atoms with Gasteiger partial charge in [-0.3, -0.25) is 4.90 Å². The van der Waals surface area contributed by atoms with E-state index in [1.165, 1.54) is 10.4 Å². The molecule has 18 heavy (non-hydrogen) atoms. The molecule has 3 heterocycles. The molecule has 0 amide bonds. The van der Waals surface area contributed by atoms with E-state index in [2.05, 4.69) is 28.4 Å². The second-order valence-electron chi connectivity index (χ2n) is 4.70. The largest absolute Gasteiger partial charge is 0.310 e. The fraction of sp³-hybridized carbons (Fsp3) is 0.500. The van der Waals surface area contributed by atoms with Crippen LogP contribution in [0.2, 0.25) is 0 Å². The van der Waals surface area contributed by atoms with Crippen molar-refractivity contribution in [3.8, 4) is 0 Å². The van der Waals surface area contributed by atoms with Gasteiger partial charge >= 0.3 is 0 Å². The minimum atomic E-state index is 0.448. The maximum absolute atomic E-state index is 5.33. The van der Waals surface area contributed by atoms with Crippen molar-refractivity contribution < 1.29 is 0 Å². The van der Waals surface area contributed by atoms with Crippen LogP contribution >= 0.6 is 23.6 Å². The summed E-state index contributed by atoms with van der Waals surface area (Å²) in [5.74, 6) is 0. The van der Waals surface area contributed by atoms with E-state index in [-0.39, 0.29) is 0 Å². The molecule has 1 aliphatic rings. The molecule has 0 aliphatic carbocycles. The number of nitrogens with zero attached hydrogens (tertiary/aromatic N) is 4. The molecule has 0 saturated heterocycles. The van der Waals surface area contributed by atoms with Crippen LogP contribution in [0.25, 0.3) is 0 Å². The van der Waals surface area contributed by atoms with Crippen LogP contribution in [0.3, 0.4) is 0 Å². The van der Waals surface area contributed by atoms with Crippen molar-refractivity contribution in [2.75, 3.05) is 6.54 Å². The van der Waals surface area contributed by atoms with E-state index in [0.717, 1.165) is 24.4 Å². The molecule has 0 radical (unpaired) electrons. The Kier molecular flexibility index (Phi) is 3.09. The molecule has 2 aromatic heterocycles. The van der Waals surface area contributed by atoms with Gasteiger partial charge in [-0.05, 0) is 42.6 Å². The standard InChI is InChI=1S/C12H16N4S2/c1-9-10-4-6-18-11(10)3-5-15(9)8-16-12(17)14(2)7-13-16/h4,6-7,9H,3,5,8H2,1-2H3/t9-/m1/s1. The van der Waals surface area contributed by atoms with E-state index in [4.69, 9.17) is 12.2 Å². The van der Waals surface area contributed by atoms with Gasteiger partial charge in [0, 0.05) is 24.5 Å². The quantitative estimate of drug-likeness (QED) is 0.791. The minimum absolute atomic E-state index is 0.448. The number of thiophene rings is 1. The molecule has 0 unspecified atom stereocenters. The monoisotopic (exact) mass is 280 g/mol. The molecule has 2 aromatic rings. The van der Waals surface area contributed by atoms with Gasteiger partial charge in [-0.15, -0.1) is 11.3 Å². The van der Waals surface area contributed by atoms with Crippen LogP contribution in [0, 0.1) is 4.77 Å². The Balaban J connectivity index is 1.83. The second-order valence-corrected chi connectivity index (χ2v) is 6.07. The molecule has 6 heteroatoms. The van der Waals surface area contributed by atoms with Gasteiger partial charge in [0.05, 0.1) is 6.67 Å². The molecule has 0 saturated carbocycles. The number of hydrogen-bond acceptors (Lipinski definition) is 4. The highest BCUT2D eigenvalue weighted by molar-refractivity contribution is 7.71. The molecule has 96 valence electrons. The summed E-state index contributed by atoms with van der Waals surface area (Å²) < 4.78 is 4.54. The molecule has 0 fully saturated rings. The molecule has 0 bridgehead atoms. The molecule has 3 rings (SSSR count). The van der Waals surface area contributed by atoms with Crippen LogP contribution in [-0.4, -0.2) is 25.8 Å². The lowest BCUT2D eigenvalue weighted by Crippen LogP contribution is -2.35. The van der Waals surface area contributed by atoms with E-state index in [9.17, 15) is 0 Å². The van der Waals surface area contributed by atoms with E-state index < -0.39 is 0 Å². The van der Waals surface area contributed by atoms with E-state index in [0.29, 0.717) is 6.04 Å². The molecular weight excluding hydrogens is 264 g/mol. The summed E-state index contributed by atoms with van der Waals surface area (Å²) >= 11 is 7.20. The molecular formula is C12H16N4S2. The predicted molar refractivity (Wildman–Crippen MR) is 75.2 cm³/mol. The molecule has 4 nitrogen and oxygen atoms in total. The Morgan fingerprint density at radius 2 is 2.39 bits per heavy atom. The molecule has 0 N–H and O–H groups in total. The van der Waals surface area contributed by atoms with Crippen LogP contribution in [0.15, 0.2) is 17.8 Å². The van der Waals surface area contributed by atoms with Gasteiger partial charge in [0.1, 0.15) is 6.33 Å². The molecule has 1 atom stereocenters. The number of rotatable bonds is 2. The van der Waals surface area contributed by atoms with Crippen molar-refractivity contribution in [2.45, 2.75) is 26.1 Å². The van der Waals surface area contributed by atoms with Crippen LogP contribution in [0.1, 0.15) is 23.4 Å². The average Bonchev–Trinajstić information content (AvgIpc) is 2.95. The van der Waals surface area contributed by atoms with E-state index in [1.807, 2.05) is 27.6 Å². The van der Waals surface area contributed by atoms with Crippen molar-refractivity contribution in [3.63, 3.8) is 0 Å². The smallest absolute Gasteiger partial charge is 0.198 e. The number of hydrogen-bond donors (Lipinski definition) is 0. The van der Waals surface area contributed by atoms with Gasteiger partial charge in [0.25, 0.3) is 0 Å². The Morgan fingerprint density at radius 1 is 1.56 bits per heavy atom. The zero-order valence-electron chi connectivity index (χ0n) is 10.5. The van der Waals surface area contributed by atoms with Gasteiger partial charge in [0.2, 0.25) is 0 Å². The lowest BCUT2D eigenvalue weighted by atomic mass is 10.0. The van der Waals surface area contributed by atoms with Crippen molar-refractivity contribution in [1.82, 2.24) is 19.2 Å². The third kappa shape index (κ3) is 1.94. The Morgan fingerprint density at radius 3 is 3.11 bits per heavy atom. The Bertz CT molecular complexity index is 610.